The molecule has 110 valence electrons. The highest BCUT2D eigenvalue weighted by atomic mass is 16.6. The van der Waals surface area contributed by atoms with Gasteiger partial charge in [-0.25, -0.2) is 0 Å². The highest BCUT2D eigenvalue weighted by molar-refractivity contribution is 5.46. The van der Waals surface area contributed by atoms with E-state index < -0.39 is 0 Å². The molecule has 0 N–H and O–H groups in total. The monoisotopic (exact) mass is 278 g/mol. The first kappa shape index (κ1) is 13.7. The van der Waals surface area contributed by atoms with Crippen LogP contribution >= 0.6 is 0 Å². The lowest BCUT2D eigenvalue weighted by Gasteiger charge is -2.16. The molecule has 20 heavy (non-hydrogen) atoms. The molecule has 4 nitrogen and oxygen atoms in total. The first-order valence-corrected chi connectivity index (χ1v) is 7.44. The van der Waals surface area contributed by atoms with E-state index in [1.54, 1.807) is 0 Å². The Bertz CT molecular complexity index is 420. The van der Waals surface area contributed by atoms with Gasteiger partial charge in [-0.3, -0.25) is 0 Å². The number of hydrogen-bond acceptors (Lipinski definition) is 4. The number of benzene rings is 1. The van der Waals surface area contributed by atoms with Crippen molar-refractivity contribution in [3.8, 4) is 11.5 Å². The quantitative estimate of drug-likeness (QED) is 0.685. The molecule has 0 spiro atoms. The van der Waals surface area contributed by atoms with Gasteiger partial charge in [-0.2, -0.15) is 0 Å². The van der Waals surface area contributed by atoms with Crippen LogP contribution in [0.3, 0.4) is 0 Å². The average Bonchev–Trinajstić information content (AvgIpc) is 3.36. The number of epoxide rings is 2. The van der Waals surface area contributed by atoms with Gasteiger partial charge in [-0.1, -0.05) is 13.8 Å². The fourth-order valence-corrected chi connectivity index (χ4v) is 2.16. The van der Waals surface area contributed by atoms with Gasteiger partial charge in [-0.15, -0.1) is 0 Å². The van der Waals surface area contributed by atoms with Crippen molar-refractivity contribution in [3.05, 3.63) is 23.3 Å². The Morgan fingerprint density at radius 2 is 1.30 bits per heavy atom. The topological polar surface area (TPSA) is 43.5 Å². The Hall–Kier alpha value is -1.26. The molecule has 4 heteroatoms. The van der Waals surface area contributed by atoms with Gasteiger partial charge in [0.05, 0.1) is 13.2 Å². The van der Waals surface area contributed by atoms with Crippen LogP contribution in [0.15, 0.2) is 12.1 Å². The third kappa shape index (κ3) is 3.44. The van der Waals surface area contributed by atoms with Crippen LogP contribution in [-0.2, 0) is 22.3 Å². The van der Waals surface area contributed by atoms with E-state index in [4.69, 9.17) is 18.9 Å². The van der Waals surface area contributed by atoms with E-state index in [9.17, 15) is 0 Å². The Morgan fingerprint density at radius 3 is 1.60 bits per heavy atom. The highest BCUT2D eigenvalue weighted by Gasteiger charge is 2.25. The summed E-state index contributed by atoms with van der Waals surface area (Å²) < 4.78 is 22.1. The molecule has 1 aromatic rings. The Morgan fingerprint density at radius 1 is 0.900 bits per heavy atom. The van der Waals surface area contributed by atoms with Gasteiger partial charge >= 0.3 is 0 Å². The Labute approximate surface area is 120 Å². The number of rotatable bonds is 8. The minimum atomic E-state index is 0.285. The van der Waals surface area contributed by atoms with Crippen molar-refractivity contribution in [3.63, 3.8) is 0 Å². The summed E-state index contributed by atoms with van der Waals surface area (Å²) in [5.41, 5.74) is 2.38. The molecule has 2 fully saturated rings. The number of aryl methyl sites for hydroxylation is 2. The third-order valence-electron chi connectivity index (χ3n) is 3.66. The lowest BCUT2D eigenvalue weighted by Crippen LogP contribution is -2.09. The van der Waals surface area contributed by atoms with E-state index in [2.05, 4.69) is 26.0 Å². The Balaban J connectivity index is 1.74. The van der Waals surface area contributed by atoms with Gasteiger partial charge in [-0.05, 0) is 36.1 Å². The van der Waals surface area contributed by atoms with Crippen molar-refractivity contribution in [1.29, 1.82) is 0 Å². The van der Waals surface area contributed by atoms with Crippen molar-refractivity contribution in [2.24, 2.45) is 0 Å². The zero-order valence-corrected chi connectivity index (χ0v) is 12.2. The fraction of sp³-hybridized carbons (Fsp3) is 0.625. The predicted octanol–water partition coefficient (Wildman–Crippen LogP) is 2.37. The van der Waals surface area contributed by atoms with E-state index in [0.717, 1.165) is 37.6 Å². The van der Waals surface area contributed by atoms with E-state index in [1.807, 2.05) is 0 Å². The van der Waals surface area contributed by atoms with Crippen LogP contribution < -0.4 is 9.47 Å². The van der Waals surface area contributed by atoms with Crippen molar-refractivity contribution < 1.29 is 18.9 Å². The van der Waals surface area contributed by atoms with Crippen LogP contribution in [0, 0.1) is 0 Å². The zero-order chi connectivity index (χ0) is 13.9. The lowest BCUT2D eigenvalue weighted by molar-refractivity contribution is 0.254. The molecule has 2 heterocycles. The molecule has 2 saturated heterocycles. The maximum absolute atomic E-state index is 5.88. The van der Waals surface area contributed by atoms with Crippen LogP contribution in [0.25, 0.3) is 0 Å². The van der Waals surface area contributed by atoms with Crippen LogP contribution in [0.5, 0.6) is 11.5 Å². The smallest absolute Gasteiger partial charge is 0.123 e. The second kappa shape index (κ2) is 6.02. The van der Waals surface area contributed by atoms with Gasteiger partial charge in [0.15, 0.2) is 0 Å². The highest BCUT2D eigenvalue weighted by Crippen LogP contribution is 2.31. The maximum Gasteiger partial charge on any atom is 0.123 e. The molecule has 2 unspecified atom stereocenters. The second-order valence-electron chi connectivity index (χ2n) is 5.31. The number of ether oxygens (including phenoxy) is 4. The van der Waals surface area contributed by atoms with Crippen molar-refractivity contribution in [1.82, 2.24) is 0 Å². The predicted molar refractivity (Wildman–Crippen MR) is 75.7 cm³/mol. The largest absolute Gasteiger partial charge is 0.490 e. The summed E-state index contributed by atoms with van der Waals surface area (Å²) in [6, 6.07) is 4.23. The van der Waals surface area contributed by atoms with E-state index in [0.29, 0.717) is 13.2 Å². The summed E-state index contributed by atoms with van der Waals surface area (Å²) in [5.74, 6) is 1.93. The maximum atomic E-state index is 5.88. The molecule has 0 aromatic heterocycles. The molecule has 2 aliphatic heterocycles. The second-order valence-corrected chi connectivity index (χ2v) is 5.31. The summed E-state index contributed by atoms with van der Waals surface area (Å²) in [6.07, 6.45) is 2.43. The van der Waals surface area contributed by atoms with Crippen molar-refractivity contribution in [2.75, 3.05) is 26.4 Å². The van der Waals surface area contributed by atoms with Crippen molar-refractivity contribution in [2.45, 2.75) is 38.9 Å². The van der Waals surface area contributed by atoms with Gasteiger partial charge in [0.25, 0.3) is 0 Å². The molecule has 1 aromatic carbocycles. The number of hydrogen-bond donors (Lipinski definition) is 0. The van der Waals surface area contributed by atoms with Gasteiger partial charge in [0.2, 0.25) is 0 Å². The molecule has 0 aliphatic carbocycles. The van der Waals surface area contributed by atoms with Crippen LogP contribution in [0.4, 0.5) is 0 Å². The lowest BCUT2D eigenvalue weighted by atomic mass is 10.0. The molecular weight excluding hydrogens is 256 g/mol. The van der Waals surface area contributed by atoms with Crippen LogP contribution in [-0.4, -0.2) is 38.6 Å². The average molecular weight is 278 g/mol. The summed E-state index contributed by atoms with van der Waals surface area (Å²) in [5, 5.41) is 0. The first-order chi connectivity index (χ1) is 9.80. The van der Waals surface area contributed by atoms with E-state index in [-0.39, 0.29) is 12.2 Å². The first-order valence-electron chi connectivity index (χ1n) is 7.44. The fourth-order valence-electron chi connectivity index (χ4n) is 2.16. The molecule has 3 rings (SSSR count). The molecule has 2 aliphatic rings. The van der Waals surface area contributed by atoms with Crippen LogP contribution in [0.2, 0.25) is 0 Å². The third-order valence-corrected chi connectivity index (χ3v) is 3.66. The minimum absolute atomic E-state index is 0.285. The zero-order valence-electron chi connectivity index (χ0n) is 12.2. The standard InChI is InChI=1S/C16H22O4/c1-3-11-5-16(20-10-14-8-18-14)12(4-2)6-15(11)19-9-13-7-17-13/h5-6,13-14H,3-4,7-10H2,1-2H3. The Kier molecular flexibility index (Phi) is 4.13. The van der Waals surface area contributed by atoms with E-state index >= 15 is 0 Å². The summed E-state index contributed by atoms with van der Waals surface area (Å²) in [6.45, 7) is 7.21. The van der Waals surface area contributed by atoms with Crippen molar-refractivity contribution >= 4 is 0 Å². The molecule has 0 radical (unpaired) electrons. The molecule has 0 amide bonds. The van der Waals surface area contributed by atoms with Gasteiger partial charge in [0, 0.05) is 0 Å². The summed E-state index contributed by atoms with van der Waals surface area (Å²) >= 11 is 0. The SMILES string of the molecule is CCc1cc(OCC2CO2)c(CC)cc1OCC1CO1. The minimum Gasteiger partial charge on any atom is -0.490 e. The van der Waals surface area contributed by atoms with E-state index in [1.165, 1.54) is 11.1 Å². The molecule has 0 saturated carbocycles. The normalized spacial score (nSPS) is 23.5. The summed E-state index contributed by atoms with van der Waals surface area (Å²) in [7, 11) is 0. The molecule has 0 bridgehead atoms. The van der Waals surface area contributed by atoms with Gasteiger partial charge in [0.1, 0.15) is 36.9 Å². The van der Waals surface area contributed by atoms with Gasteiger partial charge < -0.3 is 18.9 Å². The summed E-state index contributed by atoms with van der Waals surface area (Å²) in [4.78, 5) is 0. The molecular formula is C16H22O4. The molecule has 2 atom stereocenters. The van der Waals surface area contributed by atoms with Crippen LogP contribution in [0.1, 0.15) is 25.0 Å².